The average molecular weight is 316 g/mol. The molecule has 2 unspecified atom stereocenters. The van der Waals surface area contributed by atoms with Crippen LogP contribution in [0, 0.1) is 10.1 Å². The molecule has 21 heavy (non-hydrogen) atoms. The Morgan fingerprint density at radius 2 is 1.95 bits per heavy atom. The maximum Gasteiger partial charge on any atom is 0.274 e. The van der Waals surface area contributed by atoms with Crippen molar-refractivity contribution >= 4 is 15.7 Å². The highest BCUT2D eigenvalue weighted by molar-refractivity contribution is 7.89. The average Bonchev–Trinajstić information content (AvgIpc) is 2.38. The van der Waals surface area contributed by atoms with E-state index in [1.165, 1.54) is 26.2 Å². The van der Waals surface area contributed by atoms with Gasteiger partial charge in [0.15, 0.2) is 0 Å². The lowest BCUT2D eigenvalue weighted by molar-refractivity contribution is -0.386. The van der Waals surface area contributed by atoms with Gasteiger partial charge in [-0.1, -0.05) is 13.0 Å². The van der Waals surface area contributed by atoms with E-state index in [1.54, 1.807) is 6.92 Å². The molecule has 0 saturated carbocycles. The predicted octanol–water partition coefficient (Wildman–Crippen LogP) is 1.72. The molecule has 1 aromatic carbocycles. The molecule has 0 fully saturated rings. The Labute approximate surface area is 124 Å². The first-order valence-corrected chi connectivity index (χ1v) is 7.95. The van der Waals surface area contributed by atoms with Crippen LogP contribution in [0.3, 0.4) is 0 Å². The van der Waals surface area contributed by atoms with E-state index in [4.69, 9.17) is 0 Å². The normalized spacial score (nSPS) is 15.0. The summed E-state index contributed by atoms with van der Waals surface area (Å²) >= 11 is 0. The van der Waals surface area contributed by atoms with Crippen LogP contribution in [0.15, 0.2) is 23.1 Å². The van der Waals surface area contributed by atoms with Gasteiger partial charge in [-0.05, 0) is 19.4 Å². The quantitative estimate of drug-likeness (QED) is 0.636. The molecule has 1 aromatic rings. The summed E-state index contributed by atoms with van der Waals surface area (Å²) in [5.74, 6) is -0.415. The van der Waals surface area contributed by atoms with E-state index in [0.717, 1.165) is 10.4 Å². The molecule has 0 bridgehead atoms. The standard InChI is InChI=1S/C13H20N2O5S/c1-5-11(9(2)16)12-7-6-10(8-13(12)15(17)18)21(19,20)14(3)4/h6-9,11,16H,5H2,1-4H3. The molecule has 0 amide bonds. The number of hydrogen-bond donors (Lipinski definition) is 1. The SMILES string of the molecule is CCC(c1ccc(S(=O)(=O)N(C)C)cc1[N+](=O)[O-])C(C)O. The Morgan fingerprint density at radius 3 is 2.33 bits per heavy atom. The van der Waals surface area contributed by atoms with Crippen molar-refractivity contribution < 1.29 is 18.4 Å². The van der Waals surface area contributed by atoms with Crippen LogP contribution in [-0.2, 0) is 10.0 Å². The molecule has 118 valence electrons. The zero-order valence-corrected chi connectivity index (χ0v) is 13.3. The number of nitro benzene ring substituents is 1. The van der Waals surface area contributed by atoms with Gasteiger partial charge in [0.1, 0.15) is 0 Å². The topological polar surface area (TPSA) is 101 Å². The summed E-state index contributed by atoms with van der Waals surface area (Å²) in [5.41, 5.74) is 0.0564. The van der Waals surface area contributed by atoms with Crippen LogP contribution in [0.25, 0.3) is 0 Å². The van der Waals surface area contributed by atoms with Crippen molar-refractivity contribution in [3.63, 3.8) is 0 Å². The van der Waals surface area contributed by atoms with Crippen molar-refractivity contribution in [2.24, 2.45) is 0 Å². The number of sulfonamides is 1. The molecule has 8 heteroatoms. The molecule has 0 aliphatic rings. The van der Waals surface area contributed by atoms with Crippen molar-refractivity contribution in [3.8, 4) is 0 Å². The molecule has 2 atom stereocenters. The molecular formula is C13H20N2O5S. The summed E-state index contributed by atoms with van der Waals surface area (Å²) in [6.07, 6.45) is -0.247. The van der Waals surface area contributed by atoms with Crippen molar-refractivity contribution in [1.29, 1.82) is 0 Å². The van der Waals surface area contributed by atoms with Crippen LogP contribution < -0.4 is 0 Å². The number of rotatable bonds is 6. The van der Waals surface area contributed by atoms with Gasteiger partial charge in [0.05, 0.1) is 15.9 Å². The van der Waals surface area contributed by atoms with Crippen molar-refractivity contribution in [2.75, 3.05) is 14.1 Å². The maximum atomic E-state index is 12.0. The van der Waals surface area contributed by atoms with E-state index in [2.05, 4.69) is 0 Å². The summed E-state index contributed by atoms with van der Waals surface area (Å²) in [6.45, 7) is 3.37. The predicted molar refractivity (Wildman–Crippen MR) is 78.7 cm³/mol. The second-order valence-electron chi connectivity index (χ2n) is 5.02. The number of benzene rings is 1. The Kier molecular flexibility index (Phi) is 5.43. The highest BCUT2D eigenvalue weighted by Crippen LogP contribution is 2.33. The van der Waals surface area contributed by atoms with Crippen LogP contribution >= 0.6 is 0 Å². The fourth-order valence-electron chi connectivity index (χ4n) is 2.19. The molecule has 0 heterocycles. The van der Waals surface area contributed by atoms with Crippen LogP contribution in [0.1, 0.15) is 31.7 Å². The zero-order valence-electron chi connectivity index (χ0n) is 12.5. The fourth-order valence-corrected chi connectivity index (χ4v) is 3.11. The Balaban J connectivity index is 3.49. The minimum Gasteiger partial charge on any atom is -0.393 e. The van der Waals surface area contributed by atoms with Gasteiger partial charge in [-0.3, -0.25) is 10.1 Å². The third-order valence-electron chi connectivity index (χ3n) is 3.40. The number of nitro groups is 1. The van der Waals surface area contributed by atoms with Gasteiger partial charge in [0.25, 0.3) is 5.69 Å². The van der Waals surface area contributed by atoms with Crippen LogP contribution in [0.4, 0.5) is 5.69 Å². The molecule has 0 saturated heterocycles. The van der Waals surface area contributed by atoms with Gasteiger partial charge in [0.2, 0.25) is 10.0 Å². The number of nitrogens with zero attached hydrogens (tertiary/aromatic N) is 2. The molecule has 1 N–H and O–H groups in total. The van der Waals surface area contributed by atoms with E-state index in [0.29, 0.717) is 12.0 Å². The molecule has 0 aliphatic carbocycles. The second kappa shape index (κ2) is 6.50. The lowest BCUT2D eigenvalue weighted by Crippen LogP contribution is -2.22. The Morgan fingerprint density at radius 1 is 1.38 bits per heavy atom. The van der Waals surface area contributed by atoms with E-state index in [-0.39, 0.29) is 10.6 Å². The van der Waals surface area contributed by atoms with Crippen molar-refractivity contribution in [3.05, 3.63) is 33.9 Å². The van der Waals surface area contributed by atoms with Gasteiger partial charge in [0, 0.05) is 31.6 Å². The second-order valence-corrected chi connectivity index (χ2v) is 7.17. The molecule has 0 spiro atoms. The molecular weight excluding hydrogens is 296 g/mol. The van der Waals surface area contributed by atoms with Crippen LogP contribution in [0.2, 0.25) is 0 Å². The van der Waals surface area contributed by atoms with Gasteiger partial charge >= 0.3 is 0 Å². The number of aliphatic hydroxyl groups is 1. The molecule has 7 nitrogen and oxygen atoms in total. The van der Waals surface area contributed by atoms with Crippen LogP contribution in [-0.4, -0.2) is 43.0 Å². The largest absolute Gasteiger partial charge is 0.393 e. The first-order chi connectivity index (χ1) is 9.62. The monoisotopic (exact) mass is 316 g/mol. The van der Waals surface area contributed by atoms with E-state index in [1.807, 2.05) is 6.92 Å². The number of aliphatic hydroxyl groups excluding tert-OH is 1. The zero-order chi connectivity index (χ0) is 16.4. The lowest BCUT2D eigenvalue weighted by Gasteiger charge is -2.19. The summed E-state index contributed by atoms with van der Waals surface area (Å²) in [7, 11) is -1.01. The summed E-state index contributed by atoms with van der Waals surface area (Å²) < 4.78 is 25.1. The van der Waals surface area contributed by atoms with Gasteiger partial charge < -0.3 is 5.11 Å². The minimum atomic E-state index is -3.74. The molecule has 0 aromatic heterocycles. The first-order valence-electron chi connectivity index (χ1n) is 6.51. The van der Waals surface area contributed by atoms with Crippen molar-refractivity contribution in [2.45, 2.75) is 37.2 Å². The molecule has 1 rings (SSSR count). The van der Waals surface area contributed by atoms with Gasteiger partial charge in [-0.2, -0.15) is 0 Å². The Bertz CT molecular complexity index is 625. The highest BCUT2D eigenvalue weighted by Gasteiger charge is 2.28. The summed E-state index contributed by atoms with van der Waals surface area (Å²) in [4.78, 5) is 10.5. The van der Waals surface area contributed by atoms with E-state index in [9.17, 15) is 23.6 Å². The third kappa shape index (κ3) is 3.58. The first kappa shape index (κ1) is 17.5. The lowest BCUT2D eigenvalue weighted by atomic mass is 9.90. The minimum absolute atomic E-state index is 0.136. The van der Waals surface area contributed by atoms with E-state index >= 15 is 0 Å². The molecule has 0 radical (unpaired) electrons. The Hall–Kier alpha value is -1.51. The third-order valence-corrected chi connectivity index (χ3v) is 5.21. The highest BCUT2D eigenvalue weighted by atomic mass is 32.2. The smallest absolute Gasteiger partial charge is 0.274 e. The van der Waals surface area contributed by atoms with Crippen molar-refractivity contribution in [1.82, 2.24) is 4.31 Å². The molecule has 0 aliphatic heterocycles. The van der Waals surface area contributed by atoms with E-state index < -0.39 is 27.0 Å². The summed E-state index contributed by atoms with van der Waals surface area (Å²) in [5, 5.41) is 21.0. The van der Waals surface area contributed by atoms with Gasteiger partial charge in [-0.25, -0.2) is 12.7 Å². The maximum absolute atomic E-state index is 12.0. The fraction of sp³-hybridized carbons (Fsp3) is 0.538. The summed E-state index contributed by atoms with van der Waals surface area (Å²) in [6, 6.07) is 3.80. The van der Waals surface area contributed by atoms with Crippen LogP contribution in [0.5, 0.6) is 0 Å². The number of hydrogen-bond acceptors (Lipinski definition) is 5. The van der Waals surface area contributed by atoms with Gasteiger partial charge in [-0.15, -0.1) is 0 Å².